The summed E-state index contributed by atoms with van der Waals surface area (Å²) in [5.74, 6) is -0.853. The predicted octanol–water partition coefficient (Wildman–Crippen LogP) is 0.180. The topological polar surface area (TPSA) is 85.5 Å². The van der Waals surface area contributed by atoms with Crippen molar-refractivity contribution in [3.63, 3.8) is 0 Å². The number of nitrogens with two attached hydrogens (primary N) is 1. The SMILES string of the molecule is COC(=O)CCN(C)c1ccnc(C(N)=O)c1. The van der Waals surface area contributed by atoms with Crippen LogP contribution in [0.15, 0.2) is 18.3 Å². The average molecular weight is 237 g/mol. The Morgan fingerprint density at radius 3 is 2.82 bits per heavy atom. The van der Waals surface area contributed by atoms with Crippen LogP contribution in [-0.2, 0) is 9.53 Å². The lowest BCUT2D eigenvalue weighted by Gasteiger charge is -2.18. The molecule has 0 aliphatic rings. The van der Waals surface area contributed by atoms with E-state index in [-0.39, 0.29) is 18.1 Å². The van der Waals surface area contributed by atoms with Gasteiger partial charge in [0.1, 0.15) is 5.69 Å². The summed E-state index contributed by atoms with van der Waals surface area (Å²) in [5, 5.41) is 0. The van der Waals surface area contributed by atoms with Gasteiger partial charge in [0, 0.05) is 25.5 Å². The van der Waals surface area contributed by atoms with E-state index in [9.17, 15) is 9.59 Å². The van der Waals surface area contributed by atoms with Crippen LogP contribution in [0.3, 0.4) is 0 Å². The van der Waals surface area contributed by atoms with Crippen molar-refractivity contribution in [1.29, 1.82) is 0 Å². The number of methoxy groups -OCH3 is 1. The van der Waals surface area contributed by atoms with Crippen molar-refractivity contribution in [3.05, 3.63) is 24.0 Å². The van der Waals surface area contributed by atoms with E-state index in [2.05, 4.69) is 9.72 Å². The molecule has 1 aromatic rings. The molecule has 2 N–H and O–H groups in total. The van der Waals surface area contributed by atoms with E-state index in [1.54, 1.807) is 12.1 Å². The van der Waals surface area contributed by atoms with E-state index in [1.165, 1.54) is 13.3 Å². The summed E-state index contributed by atoms with van der Waals surface area (Å²) in [6, 6.07) is 3.32. The second kappa shape index (κ2) is 5.83. The van der Waals surface area contributed by atoms with Gasteiger partial charge in [-0.25, -0.2) is 0 Å². The fraction of sp³-hybridized carbons (Fsp3) is 0.364. The molecule has 6 nitrogen and oxygen atoms in total. The van der Waals surface area contributed by atoms with Crippen molar-refractivity contribution in [2.45, 2.75) is 6.42 Å². The maximum atomic E-state index is 11.0. The van der Waals surface area contributed by atoms with Crippen LogP contribution in [0.1, 0.15) is 16.9 Å². The van der Waals surface area contributed by atoms with Crippen molar-refractivity contribution in [2.24, 2.45) is 5.73 Å². The minimum atomic E-state index is -0.576. The van der Waals surface area contributed by atoms with Gasteiger partial charge in [-0.15, -0.1) is 0 Å². The molecule has 1 amide bonds. The highest BCUT2D eigenvalue weighted by Gasteiger charge is 2.08. The van der Waals surface area contributed by atoms with E-state index >= 15 is 0 Å². The van der Waals surface area contributed by atoms with Crippen LogP contribution in [0, 0.1) is 0 Å². The number of hydrogen-bond donors (Lipinski definition) is 1. The van der Waals surface area contributed by atoms with Crippen molar-refractivity contribution in [2.75, 3.05) is 25.6 Å². The molecular weight excluding hydrogens is 222 g/mol. The van der Waals surface area contributed by atoms with Crippen LogP contribution in [0.4, 0.5) is 5.69 Å². The third-order valence-electron chi connectivity index (χ3n) is 2.32. The van der Waals surface area contributed by atoms with Gasteiger partial charge in [-0.1, -0.05) is 0 Å². The number of anilines is 1. The monoisotopic (exact) mass is 237 g/mol. The molecule has 0 atom stereocenters. The third kappa shape index (κ3) is 3.75. The molecule has 0 fully saturated rings. The third-order valence-corrected chi connectivity index (χ3v) is 2.32. The first-order valence-corrected chi connectivity index (χ1v) is 5.08. The van der Waals surface area contributed by atoms with E-state index < -0.39 is 5.91 Å². The Kier molecular flexibility index (Phi) is 4.45. The zero-order chi connectivity index (χ0) is 12.8. The number of amides is 1. The number of rotatable bonds is 5. The highest BCUT2D eigenvalue weighted by Crippen LogP contribution is 2.12. The van der Waals surface area contributed by atoms with E-state index in [0.29, 0.717) is 6.54 Å². The molecule has 0 unspecified atom stereocenters. The zero-order valence-electron chi connectivity index (χ0n) is 9.84. The number of esters is 1. The lowest BCUT2D eigenvalue weighted by atomic mass is 10.2. The number of nitrogens with zero attached hydrogens (tertiary/aromatic N) is 2. The normalized spacial score (nSPS) is 9.76. The second-order valence-electron chi connectivity index (χ2n) is 3.51. The maximum Gasteiger partial charge on any atom is 0.307 e. The van der Waals surface area contributed by atoms with Gasteiger partial charge >= 0.3 is 5.97 Å². The molecule has 0 spiro atoms. The molecule has 0 radical (unpaired) electrons. The molecule has 0 aliphatic heterocycles. The molecule has 92 valence electrons. The molecule has 6 heteroatoms. The Morgan fingerprint density at radius 2 is 2.24 bits per heavy atom. The summed E-state index contributed by atoms with van der Waals surface area (Å²) >= 11 is 0. The van der Waals surface area contributed by atoms with Crippen LogP contribution >= 0.6 is 0 Å². The van der Waals surface area contributed by atoms with Gasteiger partial charge in [0.2, 0.25) is 0 Å². The fourth-order valence-electron chi connectivity index (χ4n) is 1.28. The highest BCUT2D eigenvalue weighted by molar-refractivity contribution is 5.91. The first kappa shape index (κ1) is 13.0. The summed E-state index contributed by atoms with van der Waals surface area (Å²) in [5.41, 5.74) is 6.11. The van der Waals surface area contributed by atoms with Gasteiger partial charge in [-0.2, -0.15) is 0 Å². The lowest BCUT2D eigenvalue weighted by molar-refractivity contribution is -0.140. The smallest absolute Gasteiger partial charge is 0.307 e. The number of aromatic nitrogens is 1. The summed E-state index contributed by atoms with van der Waals surface area (Å²) in [7, 11) is 3.16. The Balaban J connectivity index is 2.68. The molecule has 0 aromatic carbocycles. The van der Waals surface area contributed by atoms with Crippen molar-refractivity contribution in [1.82, 2.24) is 4.98 Å². The van der Waals surface area contributed by atoms with Crippen LogP contribution in [0.2, 0.25) is 0 Å². The van der Waals surface area contributed by atoms with Gasteiger partial charge in [-0.3, -0.25) is 14.6 Å². The summed E-state index contributed by atoms with van der Waals surface area (Å²) in [6.07, 6.45) is 1.78. The van der Waals surface area contributed by atoms with Crippen molar-refractivity contribution in [3.8, 4) is 0 Å². The first-order chi connectivity index (χ1) is 8.04. The minimum Gasteiger partial charge on any atom is -0.469 e. The lowest BCUT2D eigenvalue weighted by Crippen LogP contribution is -2.22. The van der Waals surface area contributed by atoms with E-state index in [1.807, 2.05) is 11.9 Å². The molecule has 0 bridgehead atoms. The summed E-state index contributed by atoms with van der Waals surface area (Å²) in [4.78, 5) is 27.6. The zero-order valence-corrected chi connectivity index (χ0v) is 9.84. The first-order valence-electron chi connectivity index (χ1n) is 5.08. The number of carbonyl (C=O) groups is 2. The Hall–Kier alpha value is -2.11. The molecule has 0 saturated carbocycles. The van der Waals surface area contributed by atoms with Gasteiger partial charge < -0.3 is 15.4 Å². The van der Waals surface area contributed by atoms with Crippen LogP contribution < -0.4 is 10.6 Å². The fourth-order valence-corrected chi connectivity index (χ4v) is 1.28. The second-order valence-corrected chi connectivity index (χ2v) is 3.51. The number of primary amides is 1. The maximum absolute atomic E-state index is 11.0. The quantitative estimate of drug-likeness (QED) is 0.738. The van der Waals surface area contributed by atoms with Crippen molar-refractivity contribution < 1.29 is 14.3 Å². The molecular formula is C11H15N3O3. The van der Waals surface area contributed by atoms with Gasteiger partial charge in [0.15, 0.2) is 0 Å². The number of pyridine rings is 1. The summed E-state index contributed by atoms with van der Waals surface area (Å²) in [6.45, 7) is 0.495. The van der Waals surface area contributed by atoms with E-state index in [0.717, 1.165) is 5.69 Å². The van der Waals surface area contributed by atoms with Gasteiger partial charge in [0.05, 0.1) is 13.5 Å². The van der Waals surface area contributed by atoms with Crippen LogP contribution in [-0.4, -0.2) is 37.6 Å². The largest absolute Gasteiger partial charge is 0.469 e. The van der Waals surface area contributed by atoms with Crippen LogP contribution in [0.25, 0.3) is 0 Å². The van der Waals surface area contributed by atoms with Crippen LogP contribution in [0.5, 0.6) is 0 Å². The molecule has 0 saturated heterocycles. The number of carbonyl (C=O) groups excluding carboxylic acids is 2. The molecule has 17 heavy (non-hydrogen) atoms. The standard InChI is InChI=1S/C11H15N3O3/c1-14(6-4-10(15)17-2)8-3-5-13-9(7-8)11(12)16/h3,5,7H,4,6H2,1-2H3,(H2,12,16). The number of hydrogen-bond acceptors (Lipinski definition) is 5. The van der Waals surface area contributed by atoms with Crippen molar-refractivity contribution >= 4 is 17.6 Å². The predicted molar refractivity (Wildman–Crippen MR) is 62.7 cm³/mol. The van der Waals surface area contributed by atoms with Gasteiger partial charge in [0.25, 0.3) is 5.91 Å². The minimum absolute atomic E-state index is 0.201. The average Bonchev–Trinajstić information content (AvgIpc) is 2.35. The Bertz CT molecular complexity index is 420. The molecule has 0 aliphatic carbocycles. The highest BCUT2D eigenvalue weighted by atomic mass is 16.5. The molecule has 1 aromatic heterocycles. The van der Waals surface area contributed by atoms with E-state index in [4.69, 9.17) is 5.73 Å². The molecule has 1 rings (SSSR count). The Morgan fingerprint density at radius 1 is 1.53 bits per heavy atom. The van der Waals surface area contributed by atoms with Gasteiger partial charge in [-0.05, 0) is 12.1 Å². The number of ether oxygens (including phenoxy) is 1. The Labute approximate surface area is 99.4 Å². The molecule has 1 heterocycles. The summed E-state index contributed by atoms with van der Waals surface area (Å²) < 4.78 is 4.55.